The summed E-state index contributed by atoms with van der Waals surface area (Å²) in [6.45, 7) is 8.75. The van der Waals surface area contributed by atoms with Gasteiger partial charge in [0.25, 0.3) is 5.91 Å². The normalized spacial score (nSPS) is 18.4. The van der Waals surface area contributed by atoms with Gasteiger partial charge in [-0.2, -0.15) is 5.10 Å². The van der Waals surface area contributed by atoms with Crippen LogP contribution in [-0.4, -0.2) is 28.1 Å². The number of aryl methyl sites for hydroxylation is 1. The van der Waals surface area contributed by atoms with Crippen molar-refractivity contribution < 1.29 is 14.3 Å². The van der Waals surface area contributed by atoms with Crippen LogP contribution >= 0.6 is 0 Å². The van der Waals surface area contributed by atoms with Crippen LogP contribution in [0.25, 0.3) is 0 Å². The highest BCUT2D eigenvalue weighted by molar-refractivity contribution is 6.08. The van der Waals surface area contributed by atoms with E-state index in [1.807, 2.05) is 62.4 Å². The zero-order valence-corrected chi connectivity index (χ0v) is 20.5. The van der Waals surface area contributed by atoms with Crippen LogP contribution in [0.3, 0.4) is 0 Å². The van der Waals surface area contributed by atoms with Gasteiger partial charge in [-0.05, 0) is 55.5 Å². The Hall–Kier alpha value is -3.87. The minimum Gasteiger partial charge on any atom is -0.494 e. The predicted octanol–water partition coefficient (Wildman–Crippen LogP) is 5.50. The summed E-state index contributed by atoms with van der Waals surface area (Å²) in [6, 6.07) is 15.0. The largest absolute Gasteiger partial charge is 0.494 e. The number of aromatic nitrogens is 2. The quantitative estimate of drug-likeness (QED) is 0.514. The van der Waals surface area contributed by atoms with E-state index in [0.29, 0.717) is 30.1 Å². The number of carbonyl (C=O) groups excluding carboxylic acids is 2. The summed E-state index contributed by atoms with van der Waals surface area (Å²) in [4.78, 5) is 26.6. The molecule has 2 N–H and O–H groups in total. The molecule has 0 saturated heterocycles. The Morgan fingerprint density at radius 2 is 1.86 bits per heavy atom. The molecule has 7 nitrogen and oxygen atoms in total. The number of benzene rings is 2. The number of allylic oxidation sites excluding steroid dienone is 2. The molecule has 2 heterocycles. The van der Waals surface area contributed by atoms with Crippen LogP contribution in [0, 0.1) is 12.3 Å². The standard InChI is InChI=1S/C28H30N4O3/c1-5-35-20-12-10-19(11-13-20)30-27(34)21-16-29-32-25(18-8-6-17(2)7-9-18)24-22(31-26(21)32)14-28(3,4)15-23(24)33/h6-13,16,25,31H,5,14-15H2,1-4H3,(H,30,34)/t25-/m1/s1. The van der Waals surface area contributed by atoms with Crippen LogP contribution in [0.2, 0.25) is 0 Å². The van der Waals surface area contributed by atoms with Gasteiger partial charge in [0.2, 0.25) is 0 Å². The molecule has 7 heteroatoms. The Bertz CT molecular complexity index is 1320. The number of nitrogens with zero attached hydrogens (tertiary/aromatic N) is 2. The van der Waals surface area contributed by atoms with Gasteiger partial charge in [0.1, 0.15) is 23.2 Å². The lowest BCUT2D eigenvalue weighted by atomic mass is 9.73. The number of hydrogen-bond donors (Lipinski definition) is 2. The third-order valence-electron chi connectivity index (χ3n) is 6.56. The maximum absolute atomic E-state index is 13.3. The molecule has 1 atom stereocenters. The molecule has 1 aliphatic carbocycles. The molecule has 1 aliphatic heterocycles. The summed E-state index contributed by atoms with van der Waals surface area (Å²) in [5, 5.41) is 11.0. The lowest BCUT2D eigenvalue weighted by Gasteiger charge is -2.39. The third kappa shape index (κ3) is 4.34. The number of nitrogens with one attached hydrogen (secondary N) is 2. The Kier molecular flexibility index (Phi) is 5.71. The molecule has 5 rings (SSSR count). The highest BCUT2D eigenvalue weighted by atomic mass is 16.5. The molecule has 0 unspecified atom stereocenters. The average molecular weight is 471 g/mol. The first-order valence-corrected chi connectivity index (χ1v) is 12.0. The zero-order valence-electron chi connectivity index (χ0n) is 20.5. The molecule has 35 heavy (non-hydrogen) atoms. The number of anilines is 2. The number of rotatable bonds is 5. The smallest absolute Gasteiger partial charge is 0.261 e. The van der Waals surface area contributed by atoms with Crippen molar-refractivity contribution >= 4 is 23.2 Å². The first-order valence-electron chi connectivity index (χ1n) is 12.0. The lowest BCUT2D eigenvalue weighted by Crippen LogP contribution is -2.37. The van der Waals surface area contributed by atoms with Crippen molar-refractivity contribution in [2.24, 2.45) is 5.41 Å². The van der Waals surface area contributed by atoms with Gasteiger partial charge < -0.3 is 15.4 Å². The molecule has 180 valence electrons. The van der Waals surface area contributed by atoms with E-state index in [9.17, 15) is 9.59 Å². The molecule has 1 amide bonds. The SMILES string of the molecule is CCOc1ccc(NC(=O)c2cnn3c2NC2=C(C(=O)CC(C)(C)C2)[C@H]3c2ccc(C)cc2)cc1. The topological polar surface area (TPSA) is 85.2 Å². The molecular formula is C28H30N4O3. The lowest BCUT2D eigenvalue weighted by molar-refractivity contribution is -0.118. The van der Waals surface area contributed by atoms with E-state index in [2.05, 4.69) is 29.6 Å². The molecule has 0 fully saturated rings. The van der Waals surface area contributed by atoms with E-state index >= 15 is 0 Å². The summed E-state index contributed by atoms with van der Waals surface area (Å²) in [5.41, 5.74) is 4.66. The fourth-order valence-corrected chi connectivity index (χ4v) is 4.93. The fourth-order valence-electron chi connectivity index (χ4n) is 4.93. The molecule has 2 aromatic carbocycles. The van der Waals surface area contributed by atoms with E-state index < -0.39 is 0 Å². The highest BCUT2D eigenvalue weighted by Crippen LogP contribution is 2.46. The second-order valence-electron chi connectivity index (χ2n) is 10.0. The van der Waals surface area contributed by atoms with Crippen molar-refractivity contribution in [3.05, 3.63) is 82.7 Å². The van der Waals surface area contributed by atoms with Gasteiger partial charge >= 0.3 is 0 Å². The minimum atomic E-state index is -0.377. The van der Waals surface area contributed by atoms with Crippen molar-refractivity contribution in [3.8, 4) is 5.75 Å². The fraction of sp³-hybridized carbons (Fsp3) is 0.321. The summed E-state index contributed by atoms with van der Waals surface area (Å²) in [7, 11) is 0. The number of ketones is 1. The monoisotopic (exact) mass is 470 g/mol. The highest BCUT2D eigenvalue weighted by Gasteiger charge is 2.42. The van der Waals surface area contributed by atoms with Crippen molar-refractivity contribution in [2.45, 2.75) is 46.6 Å². The van der Waals surface area contributed by atoms with Crippen LogP contribution in [-0.2, 0) is 4.79 Å². The van der Waals surface area contributed by atoms with Crippen LogP contribution in [0.5, 0.6) is 5.75 Å². The summed E-state index contributed by atoms with van der Waals surface area (Å²) in [6.07, 6.45) is 2.78. The van der Waals surface area contributed by atoms with E-state index in [0.717, 1.165) is 34.6 Å². The molecule has 2 aliphatic rings. The van der Waals surface area contributed by atoms with Gasteiger partial charge in [-0.3, -0.25) is 9.59 Å². The maximum atomic E-state index is 13.3. The molecular weight excluding hydrogens is 440 g/mol. The second-order valence-corrected chi connectivity index (χ2v) is 10.0. The average Bonchev–Trinajstić information content (AvgIpc) is 3.23. The maximum Gasteiger partial charge on any atom is 0.261 e. The Morgan fingerprint density at radius 1 is 1.14 bits per heavy atom. The summed E-state index contributed by atoms with van der Waals surface area (Å²) >= 11 is 0. The van der Waals surface area contributed by atoms with Gasteiger partial charge in [0.05, 0.1) is 12.8 Å². The number of hydrogen-bond acceptors (Lipinski definition) is 5. The molecule has 0 bridgehead atoms. The van der Waals surface area contributed by atoms with Gasteiger partial charge in [-0.25, -0.2) is 4.68 Å². The summed E-state index contributed by atoms with van der Waals surface area (Å²) in [5.74, 6) is 1.20. The van der Waals surface area contributed by atoms with Crippen LogP contribution in [0.4, 0.5) is 11.5 Å². The summed E-state index contributed by atoms with van der Waals surface area (Å²) < 4.78 is 7.25. The van der Waals surface area contributed by atoms with Gasteiger partial charge in [0.15, 0.2) is 5.78 Å². The van der Waals surface area contributed by atoms with Gasteiger partial charge in [-0.15, -0.1) is 0 Å². The second kappa shape index (κ2) is 8.73. The van der Waals surface area contributed by atoms with Crippen LogP contribution in [0.1, 0.15) is 61.1 Å². The third-order valence-corrected chi connectivity index (χ3v) is 6.56. The number of Topliss-reactive ketones (excluding diaryl/α,β-unsaturated/α-hetero) is 1. The molecule has 3 aromatic rings. The van der Waals surface area contributed by atoms with Crippen LogP contribution in [0.15, 0.2) is 66.0 Å². The zero-order chi connectivity index (χ0) is 24.7. The van der Waals surface area contributed by atoms with Crippen molar-refractivity contribution in [3.63, 3.8) is 0 Å². The van der Waals surface area contributed by atoms with Gasteiger partial charge in [0, 0.05) is 23.4 Å². The van der Waals surface area contributed by atoms with E-state index in [1.165, 1.54) is 0 Å². The minimum absolute atomic E-state index is 0.121. The molecule has 0 radical (unpaired) electrons. The Morgan fingerprint density at radius 3 is 2.54 bits per heavy atom. The van der Waals surface area contributed by atoms with Gasteiger partial charge in [-0.1, -0.05) is 43.7 Å². The van der Waals surface area contributed by atoms with E-state index in [1.54, 1.807) is 10.9 Å². The molecule has 0 spiro atoms. The predicted molar refractivity (Wildman–Crippen MR) is 136 cm³/mol. The van der Waals surface area contributed by atoms with Crippen molar-refractivity contribution in [2.75, 3.05) is 17.2 Å². The first-order chi connectivity index (χ1) is 16.8. The Balaban J connectivity index is 1.52. The van der Waals surface area contributed by atoms with E-state index in [-0.39, 0.29) is 23.1 Å². The number of fused-ring (bicyclic) bond motifs is 1. The number of amides is 1. The van der Waals surface area contributed by atoms with E-state index in [4.69, 9.17) is 4.74 Å². The first kappa shape index (κ1) is 22.9. The number of ether oxygens (including phenoxy) is 1. The van der Waals surface area contributed by atoms with Crippen molar-refractivity contribution in [1.29, 1.82) is 0 Å². The van der Waals surface area contributed by atoms with Crippen LogP contribution < -0.4 is 15.4 Å². The van der Waals surface area contributed by atoms with Crippen molar-refractivity contribution in [1.82, 2.24) is 9.78 Å². The number of carbonyl (C=O) groups is 2. The molecule has 0 saturated carbocycles. The molecule has 1 aromatic heterocycles. The Labute approximate surface area is 205 Å².